The summed E-state index contributed by atoms with van der Waals surface area (Å²) < 4.78 is 39.5. The van der Waals surface area contributed by atoms with E-state index >= 15 is 0 Å². The summed E-state index contributed by atoms with van der Waals surface area (Å²) in [6.45, 7) is 4.78. The summed E-state index contributed by atoms with van der Waals surface area (Å²) in [5.41, 5.74) is -1.25. The Labute approximate surface area is 152 Å². The van der Waals surface area contributed by atoms with E-state index in [1.54, 1.807) is 19.0 Å². The van der Waals surface area contributed by atoms with E-state index in [9.17, 15) is 22.8 Å². The van der Waals surface area contributed by atoms with Crippen molar-refractivity contribution in [1.29, 1.82) is 0 Å². The van der Waals surface area contributed by atoms with Crippen LogP contribution in [0.2, 0.25) is 0 Å². The molecule has 2 saturated heterocycles. The van der Waals surface area contributed by atoms with Crippen molar-refractivity contribution < 1.29 is 22.8 Å². The molecule has 0 aromatic heterocycles. The third-order valence-electron chi connectivity index (χ3n) is 5.60. The zero-order chi connectivity index (χ0) is 19.7. The Hall–Kier alpha value is -1.51. The first-order chi connectivity index (χ1) is 11.9. The summed E-state index contributed by atoms with van der Waals surface area (Å²) in [5, 5.41) is 2.88. The number of halogens is 3. The quantitative estimate of drug-likeness (QED) is 0.816. The third kappa shape index (κ3) is 4.61. The molecule has 2 aliphatic heterocycles. The maximum absolute atomic E-state index is 13.2. The van der Waals surface area contributed by atoms with Crippen LogP contribution in [0.1, 0.15) is 33.1 Å². The number of urea groups is 1. The molecule has 0 unspecified atom stereocenters. The van der Waals surface area contributed by atoms with Gasteiger partial charge in [-0.1, -0.05) is 0 Å². The molecule has 0 aromatic rings. The van der Waals surface area contributed by atoms with Crippen molar-refractivity contribution in [3.05, 3.63) is 0 Å². The SMILES string of the molecule is CN(C)C(=O)CN1CCC(NC(=O)N2CC[C@@H](C(F)(F)F)C2(C)C)CC1. The molecule has 0 saturated carbocycles. The van der Waals surface area contributed by atoms with Crippen molar-refractivity contribution in [2.24, 2.45) is 5.92 Å². The second-order valence-electron chi connectivity index (χ2n) is 7.98. The maximum atomic E-state index is 13.2. The molecule has 150 valence electrons. The summed E-state index contributed by atoms with van der Waals surface area (Å²) in [6, 6.07) is -0.501. The maximum Gasteiger partial charge on any atom is 0.394 e. The molecule has 0 bridgehead atoms. The zero-order valence-corrected chi connectivity index (χ0v) is 15.9. The molecule has 2 aliphatic rings. The number of likely N-dealkylation sites (N-methyl/N-ethyl adjacent to an activating group) is 1. The van der Waals surface area contributed by atoms with Crippen LogP contribution in [0.3, 0.4) is 0 Å². The van der Waals surface area contributed by atoms with Gasteiger partial charge in [-0.3, -0.25) is 9.69 Å². The lowest BCUT2D eigenvalue weighted by atomic mass is 9.88. The first-order valence-corrected chi connectivity index (χ1v) is 9.00. The van der Waals surface area contributed by atoms with E-state index in [4.69, 9.17) is 0 Å². The molecule has 0 spiro atoms. The summed E-state index contributed by atoms with van der Waals surface area (Å²) >= 11 is 0. The summed E-state index contributed by atoms with van der Waals surface area (Å²) in [4.78, 5) is 29.2. The predicted molar refractivity (Wildman–Crippen MR) is 91.6 cm³/mol. The van der Waals surface area contributed by atoms with E-state index in [0.29, 0.717) is 32.5 Å². The number of carbonyl (C=O) groups is 2. The highest BCUT2D eigenvalue weighted by Gasteiger charge is 2.56. The van der Waals surface area contributed by atoms with E-state index in [1.807, 2.05) is 4.90 Å². The van der Waals surface area contributed by atoms with Crippen molar-refractivity contribution in [2.45, 2.75) is 50.9 Å². The van der Waals surface area contributed by atoms with Gasteiger partial charge in [0.2, 0.25) is 5.91 Å². The van der Waals surface area contributed by atoms with E-state index in [0.717, 1.165) is 0 Å². The van der Waals surface area contributed by atoms with E-state index in [2.05, 4.69) is 5.32 Å². The van der Waals surface area contributed by atoms with Crippen LogP contribution in [0.5, 0.6) is 0 Å². The normalized spacial score (nSPS) is 24.6. The van der Waals surface area contributed by atoms with Gasteiger partial charge < -0.3 is 15.1 Å². The number of hydrogen-bond acceptors (Lipinski definition) is 3. The van der Waals surface area contributed by atoms with Gasteiger partial charge in [0.1, 0.15) is 0 Å². The Bertz CT molecular complexity index is 529. The molecule has 1 N–H and O–H groups in total. The van der Waals surface area contributed by atoms with Gasteiger partial charge in [-0.2, -0.15) is 13.2 Å². The van der Waals surface area contributed by atoms with Crippen LogP contribution in [-0.2, 0) is 4.79 Å². The number of carbonyl (C=O) groups excluding carboxylic acids is 2. The van der Waals surface area contributed by atoms with Crippen LogP contribution in [0, 0.1) is 5.92 Å². The summed E-state index contributed by atoms with van der Waals surface area (Å²) in [6.07, 6.45) is -3.00. The van der Waals surface area contributed by atoms with Crippen molar-refractivity contribution in [2.75, 3.05) is 40.3 Å². The molecule has 6 nitrogen and oxygen atoms in total. The van der Waals surface area contributed by atoms with Crippen LogP contribution in [-0.4, -0.2) is 84.7 Å². The van der Waals surface area contributed by atoms with Crippen molar-refractivity contribution in [3.8, 4) is 0 Å². The second kappa shape index (κ2) is 7.62. The Morgan fingerprint density at radius 2 is 1.69 bits per heavy atom. The zero-order valence-electron chi connectivity index (χ0n) is 15.9. The molecule has 1 atom stereocenters. The Morgan fingerprint density at radius 3 is 2.15 bits per heavy atom. The molecule has 9 heteroatoms. The van der Waals surface area contributed by atoms with Gasteiger partial charge in [0.05, 0.1) is 18.0 Å². The number of alkyl halides is 3. The molecular weight excluding hydrogens is 349 g/mol. The number of likely N-dealkylation sites (tertiary alicyclic amines) is 2. The van der Waals surface area contributed by atoms with Gasteiger partial charge in [0.25, 0.3) is 0 Å². The van der Waals surface area contributed by atoms with Crippen LogP contribution >= 0.6 is 0 Å². The number of nitrogens with zero attached hydrogens (tertiary/aromatic N) is 3. The monoisotopic (exact) mass is 378 g/mol. The first-order valence-electron chi connectivity index (χ1n) is 9.00. The highest BCUT2D eigenvalue weighted by atomic mass is 19.4. The molecular formula is C17H29F3N4O2. The van der Waals surface area contributed by atoms with Gasteiger partial charge >= 0.3 is 12.2 Å². The predicted octanol–water partition coefficient (Wildman–Crippen LogP) is 1.91. The average molecular weight is 378 g/mol. The number of rotatable bonds is 3. The minimum atomic E-state index is -4.30. The van der Waals surface area contributed by atoms with Crippen LogP contribution in [0.25, 0.3) is 0 Å². The number of amides is 3. The van der Waals surface area contributed by atoms with Crippen molar-refractivity contribution in [3.63, 3.8) is 0 Å². The van der Waals surface area contributed by atoms with Crippen molar-refractivity contribution in [1.82, 2.24) is 20.0 Å². The Balaban J connectivity index is 1.85. The Kier molecular flexibility index (Phi) is 6.09. The summed E-state index contributed by atoms with van der Waals surface area (Å²) in [7, 11) is 3.42. The highest BCUT2D eigenvalue weighted by molar-refractivity contribution is 5.77. The summed E-state index contributed by atoms with van der Waals surface area (Å²) in [5.74, 6) is -1.47. The standard InChI is InChI=1S/C17H29F3N4O2/c1-16(2)13(17(18,19)20)7-10-24(16)15(26)21-12-5-8-23(9-6-12)11-14(25)22(3)4/h12-13H,5-11H2,1-4H3,(H,21,26)/t13-/m1/s1. The van der Waals surface area contributed by atoms with E-state index in [1.165, 1.54) is 18.7 Å². The third-order valence-corrected chi connectivity index (χ3v) is 5.60. The van der Waals surface area contributed by atoms with Gasteiger partial charge in [-0.15, -0.1) is 0 Å². The molecule has 3 amide bonds. The minimum absolute atomic E-state index is 0.0319. The minimum Gasteiger partial charge on any atom is -0.348 e. The topological polar surface area (TPSA) is 55.9 Å². The van der Waals surface area contributed by atoms with Gasteiger partial charge in [0.15, 0.2) is 0 Å². The largest absolute Gasteiger partial charge is 0.394 e. The molecule has 2 heterocycles. The fourth-order valence-corrected chi connectivity index (χ4v) is 3.84. The number of nitrogens with one attached hydrogen (secondary N) is 1. The fourth-order valence-electron chi connectivity index (χ4n) is 3.84. The van der Waals surface area contributed by atoms with Crippen molar-refractivity contribution >= 4 is 11.9 Å². The van der Waals surface area contributed by atoms with Crippen LogP contribution in [0.15, 0.2) is 0 Å². The fraction of sp³-hybridized carbons (Fsp3) is 0.882. The van der Waals surface area contributed by atoms with Crippen LogP contribution < -0.4 is 5.32 Å². The molecule has 0 radical (unpaired) electrons. The lowest BCUT2D eigenvalue weighted by Crippen LogP contribution is -2.56. The van der Waals surface area contributed by atoms with Gasteiger partial charge in [-0.25, -0.2) is 4.79 Å². The second-order valence-corrected chi connectivity index (χ2v) is 7.98. The lowest BCUT2D eigenvalue weighted by Gasteiger charge is -2.38. The van der Waals surface area contributed by atoms with Crippen LogP contribution in [0.4, 0.5) is 18.0 Å². The van der Waals surface area contributed by atoms with Gasteiger partial charge in [0, 0.05) is 39.8 Å². The Morgan fingerprint density at radius 1 is 1.12 bits per heavy atom. The average Bonchev–Trinajstić information content (AvgIpc) is 2.84. The number of hydrogen-bond donors (Lipinski definition) is 1. The highest BCUT2D eigenvalue weighted by Crippen LogP contribution is 2.44. The molecule has 0 aromatic carbocycles. The first kappa shape index (κ1) is 20.8. The van der Waals surface area contributed by atoms with E-state index in [-0.39, 0.29) is 24.9 Å². The molecule has 2 rings (SSSR count). The van der Waals surface area contributed by atoms with E-state index < -0.39 is 23.7 Å². The number of piperidine rings is 1. The van der Waals surface area contributed by atoms with Gasteiger partial charge in [-0.05, 0) is 33.1 Å². The lowest BCUT2D eigenvalue weighted by molar-refractivity contribution is -0.189. The molecule has 26 heavy (non-hydrogen) atoms. The molecule has 2 fully saturated rings. The smallest absolute Gasteiger partial charge is 0.348 e. The molecule has 0 aliphatic carbocycles.